The van der Waals surface area contributed by atoms with Gasteiger partial charge in [-0.3, -0.25) is 4.72 Å². The molecule has 0 bridgehead atoms. The summed E-state index contributed by atoms with van der Waals surface area (Å²) in [5, 5.41) is 18.1. The van der Waals surface area contributed by atoms with Crippen molar-refractivity contribution in [2.24, 2.45) is 0 Å². The monoisotopic (exact) mass is 329 g/mol. The van der Waals surface area contributed by atoms with E-state index < -0.39 is 23.0 Å². The van der Waals surface area contributed by atoms with Gasteiger partial charge in [0.2, 0.25) is 0 Å². The van der Waals surface area contributed by atoms with E-state index in [2.05, 4.69) is 4.72 Å². The lowest BCUT2D eigenvalue weighted by Gasteiger charge is -2.10. The topological polar surface area (TPSA) is 86.6 Å². The second-order valence-electron chi connectivity index (χ2n) is 4.17. The molecule has 2 aromatic carbocycles. The van der Waals surface area contributed by atoms with Crippen molar-refractivity contribution in [2.45, 2.75) is 4.90 Å². The number of hydrogen-bond acceptors (Lipinski definition) is 4. The molecule has 5 nitrogen and oxygen atoms in total. The van der Waals surface area contributed by atoms with Crippen LogP contribution in [0, 0.1) is 5.82 Å². The number of rotatable bonds is 4. The molecule has 2 aromatic rings. The van der Waals surface area contributed by atoms with E-state index in [0.29, 0.717) is 0 Å². The first-order valence-electron chi connectivity index (χ1n) is 5.73. The number of benzene rings is 2. The zero-order chi connectivity index (χ0) is 15.6. The lowest BCUT2D eigenvalue weighted by molar-refractivity contribution is 0.425. The van der Waals surface area contributed by atoms with Crippen LogP contribution in [0.25, 0.3) is 0 Å². The largest absolute Gasteiger partial charge is 0.488 e. The van der Waals surface area contributed by atoms with Crippen LogP contribution >= 0.6 is 11.6 Å². The summed E-state index contributed by atoms with van der Waals surface area (Å²) in [5.74, 6) is -0.759. The van der Waals surface area contributed by atoms with Crippen LogP contribution in [0.1, 0.15) is 0 Å². The highest BCUT2D eigenvalue weighted by Crippen LogP contribution is 2.22. The van der Waals surface area contributed by atoms with Gasteiger partial charge in [-0.05, 0) is 35.8 Å². The van der Waals surface area contributed by atoms with Gasteiger partial charge in [-0.15, -0.1) is 0 Å². The predicted octanol–water partition coefficient (Wildman–Crippen LogP) is 0.960. The highest BCUT2D eigenvalue weighted by Gasteiger charge is 2.18. The van der Waals surface area contributed by atoms with Gasteiger partial charge in [0.05, 0.1) is 10.6 Å². The van der Waals surface area contributed by atoms with Crippen LogP contribution in [0.2, 0.25) is 5.02 Å². The lowest BCUT2D eigenvalue weighted by atomic mass is 9.81. The van der Waals surface area contributed by atoms with E-state index in [0.717, 1.165) is 12.1 Å². The summed E-state index contributed by atoms with van der Waals surface area (Å²) in [6, 6.07) is 8.35. The molecule has 0 atom stereocenters. The van der Waals surface area contributed by atoms with Gasteiger partial charge in [0.1, 0.15) is 5.82 Å². The molecule has 0 amide bonds. The fourth-order valence-corrected chi connectivity index (χ4v) is 2.83. The van der Waals surface area contributed by atoms with E-state index in [4.69, 9.17) is 21.6 Å². The van der Waals surface area contributed by atoms with Crippen molar-refractivity contribution in [3.8, 4) is 0 Å². The lowest BCUT2D eigenvalue weighted by Crippen LogP contribution is -2.29. The molecular formula is C12H10BClFNO4S. The standard InChI is InChI=1S/C12H10BClFNO4S/c14-9-3-6-11(15)12(7-9)16-21(19,20)10-4-1-8(2-5-10)13(17)18/h1-7,16-18H. The van der Waals surface area contributed by atoms with Crippen LogP contribution in [-0.2, 0) is 10.0 Å². The minimum atomic E-state index is -4.01. The Morgan fingerprint density at radius 3 is 2.29 bits per heavy atom. The third-order valence-corrected chi connectivity index (χ3v) is 4.28. The fourth-order valence-electron chi connectivity index (χ4n) is 1.60. The van der Waals surface area contributed by atoms with Gasteiger partial charge in [0.25, 0.3) is 10.0 Å². The van der Waals surface area contributed by atoms with E-state index >= 15 is 0 Å². The van der Waals surface area contributed by atoms with Gasteiger partial charge < -0.3 is 10.0 Å². The van der Waals surface area contributed by atoms with Gasteiger partial charge in [0.15, 0.2) is 0 Å². The summed E-state index contributed by atoms with van der Waals surface area (Å²) in [6.45, 7) is 0. The molecule has 0 radical (unpaired) electrons. The van der Waals surface area contributed by atoms with Crippen LogP contribution in [0.4, 0.5) is 10.1 Å². The summed E-state index contributed by atoms with van der Waals surface area (Å²) >= 11 is 5.69. The third-order valence-electron chi connectivity index (χ3n) is 2.66. The minimum absolute atomic E-state index is 0.142. The second-order valence-corrected chi connectivity index (χ2v) is 6.29. The highest BCUT2D eigenvalue weighted by molar-refractivity contribution is 7.92. The van der Waals surface area contributed by atoms with Gasteiger partial charge in [-0.25, -0.2) is 12.8 Å². The van der Waals surface area contributed by atoms with E-state index in [1.807, 2.05) is 0 Å². The van der Waals surface area contributed by atoms with E-state index in [-0.39, 0.29) is 21.1 Å². The Kier molecular flexibility index (Phi) is 4.53. The van der Waals surface area contributed by atoms with Crippen molar-refractivity contribution in [3.05, 3.63) is 53.3 Å². The molecule has 0 fully saturated rings. The minimum Gasteiger partial charge on any atom is -0.423 e. The second kappa shape index (κ2) is 6.02. The summed E-state index contributed by atoms with van der Waals surface area (Å²) in [6.07, 6.45) is 0. The van der Waals surface area contributed by atoms with Crippen LogP contribution in [-0.4, -0.2) is 25.6 Å². The van der Waals surface area contributed by atoms with Gasteiger partial charge >= 0.3 is 7.12 Å². The molecule has 110 valence electrons. The number of hydrogen-bond donors (Lipinski definition) is 3. The number of sulfonamides is 1. The van der Waals surface area contributed by atoms with Crippen molar-refractivity contribution in [2.75, 3.05) is 4.72 Å². The summed E-state index contributed by atoms with van der Waals surface area (Å²) in [5.41, 5.74) is -0.128. The third kappa shape index (κ3) is 3.73. The number of nitrogens with one attached hydrogen (secondary N) is 1. The molecule has 0 spiro atoms. The molecule has 0 aliphatic heterocycles. The molecule has 0 saturated heterocycles. The first-order valence-corrected chi connectivity index (χ1v) is 7.60. The van der Waals surface area contributed by atoms with Gasteiger partial charge in [-0.1, -0.05) is 23.7 Å². The average Bonchev–Trinajstić information content (AvgIpc) is 2.43. The number of anilines is 1. The molecule has 0 aliphatic rings. The first kappa shape index (κ1) is 15.8. The molecule has 2 rings (SSSR count). The summed E-state index contributed by atoms with van der Waals surface area (Å²) < 4.78 is 39.8. The smallest absolute Gasteiger partial charge is 0.423 e. The van der Waals surface area contributed by atoms with Crippen molar-refractivity contribution in [1.29, 1.82) is 0 Å². The Balaban J connectivity index is 2.31. The maximum Gasteiger partial charge on any atom is 0.488 e. The van der Waals surface area contributed by atoms with Gasteiger partial charge in [-0.2, -0.15) is 0 Å². The molecule has 0 heterocycles. The van der Waals surface area contributed by atoms with Crippen LogP contribution in [0.15, 0.2) is 47.4 Å². The first-order chi connectivity index (χ1) is 9.79. The van der Waals surface area contributed by atoms with Crippen LogP contribution in [0.3, 0.4) is 0 Å². The van der Waals surface area contributed by atoms with E-state index in [1.165, 1.54) is 30.3 Å². The molecule has 9 heteroatoms. The molecule has 3 N–H and O–H groups in total. The Bertz CT molecular complexity index is 752. The van der Waals surface area contributed by atoms with Crippen molar-refractivity contribution in [3.63, 3.8) is 0 Å². The van der Waals surface area contributed by atoms with E-state index in [9.17, 15) is 12.8 Å². The quantitative estimate of drug-likeness (QED) is 0.729. The fraction of sp³-hybridized carbons (Fsp3) is 0. The Hall–Kier alpha value is -1.61. The zero-order valence-electron chi connectivity index (χ0n) is 10.5. The molecule has 0 aromatic heterocycles. The van der Waals surface area contributed by atoms with Gasteiger partial charge in [0, 0.05) is 5.02 Å². The van der Waals surface area contributed by atoms with Crippen LogP contribution < -0.4 is 10.2 Å². The average molecular weight is 330 g/mol. The molecule has 0 saturated carbocycles. The predicted molar refractivity (Wildman–Crippen MR) is 78.5 cm³/mol. The molecule has 0 unspecified atom stereocenters. The maximum atomic E-state index is 13.5. The Morgan fingerprint density at radius 2 is 1.71 bits per heavy atom. The van der Waals surface area contributed by atoms with Crippen LogP contribution in [0.5, 0.6) is 0 Å². The summed E-state index contributed by atoms with van der Waals surface area (Å²) in [7, 11) is -5.70. The van der Waals surface area contributed by atoms with Crippen molar-refractivity contribution in [1.82, 2.24) is 0 Å². The maximum absolute atomic E-state index is 13.5. The van der Waals surface area contributed by atoms with Crippen molar-refractivity contribution >= 4 is 39.9 Å². The normalized spacial score (nSPS) is 11.2. The SMILES string of the molecule is O=S(=O)(Nc1cc(Cl)ccc1F)c1ccc(B(O)O)cc1. The Labute approximate surface area is 126 Å². The summed E-state index contributed by atoms with van der Waals surface area (Å²) in [4.78, 5) is -0.147. The molecule has 21 heavy (non-hydrogen) atoms. The van der Waals surface area contributed by atoms with Crippen molar-refractivity contribution < 1.29 is 22.9 Å². The number of halogens is 2. The Morgan fingerprint density at radius 1 is 1.10 bits per heavy atom. The molecule has 0 aliphatic carbocycles. The highest BCUT2D eigenvalue weighted by atomic mass is 35.5. The molecular weight excluding hydrogens is 319 g/mol. The van der Waals surface area contributed by atoms with E-state index in [1.54, 1.807) is 0 Å². The zero-order valence-corrected chi connectivity index (χ0v) is 12.1.